The number of furan rings is 1. The maximum absolute atomic E-state index is 12.3. The fourth-order valence-electron chi connectivity index (χ4n) is 2.15. The molecule has 0 saturated carbocycles. The van der Waals surface area contributed by atoms with E-state index in [1.165, 1.54) is 12.1 Å². The average molecular weight is 304 g/mol. The number of hydrogen-bond donors (Lipinski definition) is 1. The van der Waals surface area contributed by atoms with Crippen molar-refractivity contribution in [2.24, 2.45) is 7.05 Å². The molecular weight excluding hydrogens is 292 g/mol. The summed E-state index contributed by atoms with van der Waals surface area (Å²) in [5, 5.41) is 14.2. The Morgan fingerprint density at radius 2 is 2.10 bits per heavy atom. The summed E-state index contributed by atoms with van der Waals surface area (Å²) in [6.45, 7) is 0. The van der Waals surface area contributed by atoms with Gasteiger partial charge in [-0.15, -0.1) is 0 Å². The van der Waals surface area contributed by atoms with Gasteiger partial charge in [-0.2, -0.15) is 5.10 Å². The molecule has 2 heterocycles. The van der Waals surface area contributed by atoms with E-state index in [1.807, 2.05) is 31.3 Å². The summed E-state index contributed by atoms with van der Waals surface area (Å²) in [4.78, 5) is 10.8. The molecule has 2 aromatic heterocycles. The minimum Gasteiger partial charge on any atom is -0.475 e. The lowest BCUT2D eigenvalue weighted by Crippen LogP contribution is -1.98. The highest BCUT2D eigenvalue weighted by atomic mass is 32.2. The van der Waals surface area contributed by atoms with Crippen molar-refractivity contribution in [3.63, 3.8) is 0 Å². The molecule has 0 aliphatic heterocycles. The van der Waals surface area contributed by atoms with Crippen molar-refractivity contribution < 1.29 is 18.5 Å². The zero-order valence-electron chi connectivity index (χ0n) is 11.1. The van der Waals surface area contributed by atoms with Crippen molar-refractivity contribution in [3.8, 4) is 0 Å². The zero-order chi connectivity index (χ0) is 15.0. The Labute approximate surface area is 122 Å². The van der Waals surface area contributed by atoms with E-state index in [4.69, 9.17) is 9.52 Å². The van der Waals surface area contributed by atoms with Gasteiger partial charge in [-0.1, -0.05) is 18.2 Å². The van der Waals surface area contributed by atoms with E-state index in [-0.39, 0.29) is 16.6 Å². The first kappa shape index (κ1) is 13.6. The smallest absolute Gasteiger partial charge is 0.371 e. The summed E-state index contributed by atoms with van der Waals surface area (Å²) in [5.74, 6) is -1.22. The number of hydrogen-bond acceptors (Lipinski definition) is 4. The average Bonchev–Trinajstić information content (AvgIpc) is 3.06. The number of para-hydroxylation sites is 1. The predicted octanol–water partition coefficient (Wildman–Crippen LogP) is 2.17. The maximum Gasteiger partial charge on any atom is 0.371 e. The van der Waals surface area contributed by atoms with E-state index in [0.717, 1.165) is 10.9 Å². The first-order chi connectivity index (χ1) is 10.1. The molecule has 3 rings (SSSR count). The Morgan fingerprint density at radius 3 is 2.81 bits per heavy atom. The van der Waals surface area contributed by atoms with Gasteiger partial charge >= 0.3 is 5.97 Å². The maximum atomic E-state index is 12.3. The fraction of sp³-hybridized carbons (Fsp3) is 0.143. The molecule has 6 nitrogen and oxygen atoms in total. The number of aromatic carboxylic acids is 1. The van der Waals surface area contributed by atoms with Gasteiger partial charge in [0.2, 0.25) is 5.76 Å². The number of carboxylic acid groups (broad SMARTS) is 1. The van der Waals surface area contributed by atoms with E-state index < -0.39 is 16.8 Å². The quantitative estimate of drug-likeness (QED) is 0.798. The summed E-state index contributed by atoms with van der Waals surface area (Å²) >= 11 is 0. The van der Waals surface area contributed by atoms with Gasteiger partial charge in [-0.3, -0.25) is 8.89 Å². The number of carbonyl (C=O) groups is 1. The topological polar surface area (TPSA) is 85.3 Å². The first-order valence-electron chi connectivity index (χ1n) is 6.18. The molecule has 0 spiro atoms. The van der Waals surface area contributed by atoms with Crippen LogP contribution in [0.5, 0.6) is 0 Å². The molecule has 108 valence electrons. The standard InChI is InChI=1S/C14H12N2O4S/c1-16-11-5-3-2-4-9(11)10(15-16)8-21(19)13-7-6-12(20-13)14(17)18/h2-7H,8H2,1H3,(H,17,18). The largest absolute Gasteiger partial charge is 0.475 e. The van der Waals surface area contributed by atoms with Crippen molar-refractivity contribution >= 4 is 27.7 Å². The van der Waals surface area contributed by atoms with Crippen LogP contribution < -0.4 is 0 Å². The van der Waals surface area contributed by atoms with Gasteiger partial charge in [-0.05, 0) is 18.2 Å². The molecule has 0 bridgehead atoms. The minimum absolute atomic E-state index is 0.141. The number of aryl methyl sites for hydroxylation is 1. The monoisotopic (exact) mass is 304 g/mol. The van der Waals surface area contributed by atoms with Gasteiger partial charge in [0.05, 0.1) is 27.8 Å². The van der Waals surface area contributed by atoms with Crippen LogP contribution in [0.25, 0.3) is 10.9 Å². The van der Waals surface area contributed by atoms with Gasteiger partial charge in [0.25, 0.3) is 0 Å². The van der Waals surface area contributed by atoms with Crippen LogP contribution in [0.15, 0.2) is 45.9 Å². The van der Waals surface area contributed by atoms with Crippen LogP contribution in [0.1, 0.15) is 16.2 Å². The van der Waals surface area contributed by atoms with E-state index in [2.05, 4.69) is 5.10 Å². The Morgan fingerprint density at radius 1 is 1.33 bits per heavy atom. The van der Waals surface area contributed by atoms with Crippen molar-refractivity contribution in [1.82, 2.24) is 9.78 Å². The van der Waals surface area contributed by atoms with Gasteiger partial charge < -0.3 is 9.52 Å². The normalized spacial score (nSPS) is 12.6. The third-order valence-corrected chi connectivity index (χ3v) is 4.32. The molecule has 0 fully saturated rings. The highest BCUT2D eigenvalue weighted by Gasteiger charge is 2.17. The first-order valence-corrected chi connectivity index (χ1v) is 7.50. The lowest BCUT2D eigenvalue weighted by Gasteiger charge is -1.96. The Kier molecular flexibility index (Phi) is 3.34. The van der Waals surface area contributed by atoms with Crippen LogP contribution in [-0.2, 0) is 23.6 Å². The lowest BCUT2D eigenvalue weighted by atomic mass is 10.2. The van der Waals surface area contributed by atoms with Crippen LogP contribution in [0.3, 0.4) is 0 Å². The molecule has 1 N–H and O–H groups in total. The van der Waals surface area contributed by atoms with Crippen LogP contribution >= 0.6 is 0 Å². The molecular formula is C14H12N2O4S. The number of aromatic nitrogens is 2. The van der Waals surface area contributed by atoms with Crippen molar-refractivity contribution in [2.45, 2.75) is 10.8 Å². The van der Waals surface area contributed by atoms with Gasteiger partial charge in [0.15, 0.2) is 5.09 Å². The third kappa shape index (κ3) is 2.47. The number of fused-ring (bicyclic) bond motifs is 1. The Balaban J connectivity index is 1.91. The molecule has 7 heteroatoms. The molecule has 3 aromatic rings. The van der Waals surface area contributed by atoms with Crippen LogP contribution in [-0.4, -0.2) is 25.1 Å². The number of nitrogens with zero attached hydrogens (tertiary/aromatic N) is 2. The van der Waals surface area contributed by atoms with Crippen LogP contribution in [0.4, 0.5) is 0 Å². The molecule has 0 radical (unpaired) electrons. The molecule has 1 atom stereocenters. The molecule has 0 aliphatic carbocycles. The Hall–Kier alpha value is -2.41. The van der Waals surface area contributed by atoms with Crippen LogP contribution in [0, 0.1) is 0 Å². The summed E-state index contributed by atoms with van der Waals surface area (Å²) in [6, 6.07) is 10.4. The summed E-state index contributed by atoms with van der Waals surface area (Å²) in [6.07, 6.45) is 0. The van der Waals surface area contributed by atoms with Crippen molar-refractivity contribution in [2.75, 3.05) is 0 Å². The number of benzene rings is 1. The lowest BCUT2D eigenvalue weighted by molar-refractivity contribution is 0.0656. The highest BCUT2D eigenvalue weighted by Crippen LogP contribution is 2.21. The highest BCUT2D eigenvalue weighted by molar-refractivity contribution is 7.84. The van der Waals surface area contributed by atoms with E-state index in [1.54, 1.807) is 4.68 Å². The summed E-state index contributed by atoms with van der Waals surface area (Å²) in [5.41, 5.74) is 1.65. The zero-order valence-corrected chi connectivity index (χ0v) is 12.0. The van der Waals surface area contributed by atoms with Gasteiger partial charge in [-0.25, -0.2) is 4.79 Å². The molecule has 0 amide bonds. The van der Waals surface area contributed by atoms with Crippen molar-refractivity contribution in [1.29, 1.82) is 0 Å². The van der Waals surface area contributed by atoms with E-state index in [9.17, 15) is 9.00 Å². The fourth-order valence-corrected chi connectivity index (χ4v) is 3.15. The second kappa shape index (κ2) is 5.17. The van der Waals surface area contributed by atoms with Gasteiger partial charge in [0, 0.05) is 12.4 Å². The van der Waals surface area contributed by atoms with Gasteiger partial charge in [0.1, 0.15) is 0 Å². The second-order valence-corrected chi connectivity index (χ2v) is 5.88. The molecule has 0 aliphatic rings. The molecule has 1 aromatic carbocycles. The van der Waals surface area contributed by atoms with Crippen LogP contribution in [0.2, 0.25) is 0 Å². The predicted molar refractivity (Wildman–Crippen MR) is 76.5 cm³/mol. The SMILES string of the molecule is Cn1nc(CS(=O)c2ccc(C(=O)O)o2)c2ccccc21. The molecule has 0 saturated heterocycles. The number of carboxylic acids is 1. The minimum atomic E-state index is -1.48. The molecule has 1 unspecified atom stereocenters. The summed E-state index contributed by atoms with van der Waals surface area (Å²) in [7, 11) is 0.345. The Bertz CT molecular complexity index is 850. The van der Waals surface area contributed by atoms with Crippen molar-refractivity contribution in [3.05, 3.63) is 47.9 Å². The van der Waals surface area contributed by atoms with E-state index in [0.29, 0.717) is 5.69 Å². The second-order valence-electron chi connectivity index (χ2n) is 4.50. The summed E-state index contributed by atoms with van der Waals surface area (Å²) < 4.78 is 19.1. The molecule has 21 heavy (non-hydrogen) atoms. The number of rotatable bonds is 4. The third-order valence-electron chi connectivity index (χ3n) is 3.12. The van der Waals surface area contributed by atoms with E-state index >= 15 is 0 Å².